The molecule has 4 heterocycles. The standard InChI is InChI=1S/C25H25N9O.C3H5NO/c1-16-12-17(6-9-22(16)35-18-7-8-21-19(13-18)31-32-33(21)2)29-24-23-20(27-15-28-24)14-26-25(30-23)34-10-4-3-5-11-34;1-2-3(4)5/h6-9,12-15H,3-5,10-11H2,1-2H3,(H,27,28,29);2H,1H2,(H2,4,5). The van der Waals surface area contributed by atoms with E-state index in [0.29, 0.717) is 22.6 Å². The molecule has 0 atom stereocenters. The molecule has 0 saturated carbocycles. The topological polar surface area (TPSA) is 150 Å². The molecular weight excluding hydrogens is 508 g/mol. The van der Waals surface area contributed by atoms with E-state index < -0.39 is 5.91 Å². The highest BCUT2D eigenvalue weighted by Gasteiger charge is 2.16. The lowest BCUT2D eigenvalue weighted by atomic mass is 10.1. The smallest absolute Gasteiger partial charge is 0.240 e. The van der Waals surface area contributed by atoms with Gasteiger partial charge in [0.15, 0.2) is 5.82 Å². The number of nitrogens with zero attached hydrogens (tertiary/aromatic N) is 8. The van der Waals surface area contributed by atoms with E-state index >= 15 is 0 Å². The largest absolute Gasteiger partial charge is 0.457 e. The van der Waals surface area contributed by atoms with Gasteiger partial charge in [0.05, 0.1) is 11.7 Å². The van der Waals surface area contributed by atoms with Gasteiger partial charge in [-0.25, -0.2) is 24.6 Å². The first-order chi connectivity index (χ1) is 19.4. The molecule has 3 aromatic heterocycles. The number of aromatic nitrogens is 7. The molecule has 2 aromatic carbocycles. The molecule has 0 bridgehead atoms. The number of rotatable bonds is 6. The van der Waals surface area contributed by atoms with E-state index in [1.807, 2.05) is 50.4 Å². The van der Waals surface area contributed by atoms with Crippen molar-refractivity contribution in [2.24, 2.45) is 12.8 Å². The summed E-state index contributed by atoms with van der Waals surface area (Å²) in [4.78, 5) is 29.9. The average Bonchev–Trinajstić information content (AvgIpc) is 3.35. The van der Waals surface area contributed by atoms with Crippen molar-refractivity contribution in [3.05, 3.63) is 67.1 Å². The molecule has 1 amide bonds. The SMILES string of the molecule is C=CC(N)=O.Cc1cc(Nc2ncnc3cnc(N4CCCCC4)nc23)ccc1Oc1ccc2c(c1)nnn2C. The summed E-state index contributed by atoms with van der Waals surface area (Å²) in [5, 5.41) is 11.6. The second-order valence-corrected chi connectivity index (χ2v) is 9.35. The quantitative estimate of drug-likeness (QED) is 0.301. The van der Waals surface area contributed by atoms with Crippen LogP contribution in [0.3, 0.4) is 0 Å². The Morgan fingerprint density at radius 2 is 1.88 bits per heavy atom. The molecule has 0 spiro atoms. The Hall–Kier alpha value is -5.13. The lowest BCUT2D eigenvalue weighted by Crippen LogP contribution is -2.31. The number of nitrogens with one attached hydrogen (secondary N) is 1. The summed E-state index contributed by atoms with van der Waals surface area (Å²) in [6, 6.07) is 11.7. The first-order valence-electron chi connectivity index (χ1n) is 12.9. The highest BCUT2D eigenvalue weighted by atomic mass is 16.5. The third-order valence-electron chi connectivity index (χ3n) is 6.45. The zero-order valence-corrected chi connectivity index (χ0v) is 22.4. The van der Waals surface area contributed by atoms with Gasteiger partial charge in [-0.1, -0.05) is 11.8 Å². The zero-order valence-electron chi connectivity index (χ0n) is 22.4. The fraction of sp³-hybridized carbons (Fsp3) is 0.250. The summed E-state index contributed by atoms with van der Waals surface area (Å²) < 4.78 is 7.87. The number of primary amides is 1. The van der Waals surface area contributed by atoms with Crippen LogP contribution in [0.25, 0.3) is 22.1 Å². The van der Waals surface area contributed by atoms with Crippen molar-refractivity contribution in [2.45, 2.75) is 26.2 Å². The van der Waals surface area contributed by atoms with Crippen molar-refractivity contribution in [2.75, 3.05) is 23.3 Å². The number of carbonyl (C=O) groups is 1. The normalized spacial score (nSPS) is 13.0. The van der Waals surface area contributed by atoms with Crippen LogP contribution in [-0.2, 0) is 11.8 Å². The van der Waals surface area contributed by atoms with E-state index in [1.54, 1.807) is 10.9 Å². The maximum Gasteiger partial charge on any atom is 0.240 e. The molecule has 204 valence electrons. The molecule has 1 fully saturated rings. The van der Waals surface area contributed by atoms with Gasteiger partial charge < -0.3 is 20.7 Å². The number of benzene rings is 2. The second-order valence-electron chi connectivity index (χ2n) is 9.35. The fourth-order valence-corrected chi connectivity index (χ4v) is 4.37. The van der Waals surface area contributed by atoms with Crippen LogP contribution in [0.2, 0.25) is 0 Å². The number of carbonyl (C=O) groups excluding carboxylic acids is 1. The van der Waals surface area contributed by atoms with Crippen LogP contribution in [0.4, 0.5) is 17.5 Å². The molecule has 0 aliphatic carbocycles. The first-order valence-corrected chi connectivity index (χ1v) is 12.9. The molecule has 1 aliphatic rings. The van der Waals surface area contributed by atoms with Gasteiger partial charge in [0, 0.05) is 31.9 Å². The Morgan fingerprint density at radius 3 is 2.62 bits per heavy atom. The van der Waals surface area contributed by atoms with Crippen molar-refractivity contribution < 1.29 is 9.53 Å². The monoisotopic (exact) mass is 538 g/mol. The number of ether oxygens (including phenoxy) is 1. The van der Waals surface area contributed by atoms with Gasteiger partial charge in [-0.2, -0.15) is 0 Å². The predicted octanol–water partition coefficient (Wildman–Crippen LogP) is 4.19. The van der Waals surface area contributed by atoms with E-state index in [0.717, 1.165) is 66.0 Å². The maximum atomic E-state index is 9.47. The minimum absolute atomic E-state index is 0.481. The molecule has 5 aromatic rings. The predicted molar refractivity (Wildman–Crippen MR) is 154 cm³/mol. The third-order valence-corrected chi connectivity index (χ3v) is 6.45. The summed E-state index contributed by atoms with van der Waals surface area (Å²) >= 11 is 0. The Morgan fingerprint density at radius 1 is 1.07 bits per heavy atom. The number of amides is 1. The van der Waals surface area contributed by atoms with Crippen LogP contribution in [0.5, 0.6) is 11.5 Å². The molecule has 12 nitrogen and oxygen atoms in total. The molecule has 1 aliphatic heterocycles. The fourth-order valence-electron chi connectivity index (χ4n) is 4.37. The minimum Gasteiger partial charge on any atom is -0.457 e. The lowest BCUT2D eigenvalue weighted by Gasteiger charge is -2.26. The van der Waals surface area contributed by atoms with Gasteiger partial charge in [0.2, 0.25) is 11.9 Å². The number of hydrogen-bond donors (Lipinski definition) is 2. The van der Waals surface area contributed by atoms with Crippen LogP contribution >= 0.6 is 0 Å². The highest BCUT2D eigenvalue weighted by molar-refractivity contribution is 5.87. The van der Waals surface area contributed by atoms with Crippen LogP contribution in [-0.4, -0.2) is 53.9 Å². The number of hydrogen-bond acceptors (Lipinski definition) is 10. The summed E-state index contributed by atoms with van der Waals surface area (Å²) in [5.41, 5.74) is 9.57. The number of aryl methyl sites for hydroxylation is 2. The molecule has 0 radical (unpaired) electrons. The third kappa shape index (κ3) is 5.96. The molecule has 6 rings (SSSR count). The molecule has 0 unspecified atom stereocenters. The second kappa shape index (κ2) is 11.7. The molecule has 3 N–H and O–H groups in total. The number of fused-ring (bicyclic) bond motifs is 2. The summed E-state index contributed by atoms with van der Waals surface area (Å²) in [6.45, 7) is 7.05. The van der Waals surface area contributed by atoms with Crippen LogP contribution in [0.15, 0.2) is 61.6 Å². The van der Waals surface area contributed by atoms with Crippen molar-refractivity contribution in [3.8, 4) is 11.5 Å². The molecular formula is C28H30N10O2. The van der Waals surface area contributed by atoms with Crippen LogP contribution in [0, 0.1) is 6.92 Å². The van der Waals surface area contributed by atoms with Crippen molar-refractivity contribution in [1.82, 2.24) is 34.9 Å². The summed E-state index contributed by atoms with van der Waals surface area (Å²) in [5.74, 6) is 2.38. The Bertz CT molecular complexity index is 1680. The van der Waals surface area contributed by atoms with E-state index in [4.69, 9.17) is 9.72 Å². The molecule has 1 saturated heterocycles. The minimum atomic E-state index is -0.481. The number of piperidine rings is 1. The first kappa shape index (κ1) is 26.5. The van der Waals surface area contributed by atoms with Gasteiger partial charge in [-0.05, 0) is 68.2 Å². The van der Waals surface area contributed by atoms with Crippen molar-refractivity contribution in [1.29, 1.82) is 0 Å². The highest BCUT2D eigenvalue weighted by Crippen LogP contribution is 2.31. The van der Waals surface area contributed by atoms with E-state index in [1.165, 1.54) is 12.7 Å². The average molecular weight is 539 g/mol. The summed E-state index contributed by atoms with van der Waals surface area (Å²) in [6.07, 6.45) is 7.95. The van der Waals surface area contributed by atoms with Gasteiger partial charge in [0.25, 0.3) is 0 Å². The Labute approximate surface area is 230 Å². The van der Waals surface area contributed by atoms with E-state index in [-0.39, 0.29) is 0 Å². The van der Waals surface area contributed by atoms with Crippen LogP contribution in [0.1, 0.15) is 24.8 Å². The van der Waals surface area contributed by atoms with Gasteiger partial charge in [-0.15, -0.1) is 5.10 Å². The van der Waals surface area contributed by atoms with E-state index in [9.17, 15) is 4.79 Å². The van der Waals surface area contributed by atoms with Gasteiger partial charge in [-0.3, -0.25) is 4.79 Å². The molecule has 40 heavy (non-hydrogen) atoms. The Balaban J connectivity index is 0.000000595. The van der Waals surface area contributed by atoms with Gasteiger partial charge in [0.1, 0.15) is 34.4 Å². The maximum absolute atomic E-state index is 9.47. The number of anilines is 3. The summed E-state index contributed by atoms with van der Waals surface area (Å²) in [7, 11) is 1.87. The Kier molecular flexibility index (Phi) is 7.76. The lowest BCUT2D eigenvalue weighted by molar-refractivity contribution is -0.113. The zero-order chi connectivity index (χ0) is 28.1. The molecule has 12 heteroatoms. The number of nitrogens with two attached hydrogens (primary N) is 1. The van der Waals surface area contributed by atoms with Crippen LogP contribution < -0.4 is 20.7 Å². The van der Waals surface area contributed by atoms with E-state index in [2.05, 4.69) is 47.8 Å². The van der Waals surface area contributed by atoms with Crippen molar-refractivity contribution in [3.63, 3.8) is 0 Å². The van der Waals surface area contributed by atoms with Gasteiger partial charge >= 0.3 is 0 Å². The van der Waals surface area contributed by atoms with Crippen molar-refractivity contribution >= 4 is 45.4 Å².